The molecule has 4 aromatic rings. The Balaban J connectivity index is 1.94. The monoisotopic (exact) mass is 369 g/mol. The summed E-state index contributed by atoms with van der Waals surface area (Å²) in [6.07, 6.45) is -2.96. The molecule has 4 nitrogen and oxygen atoms in total. The van der Waals surface area contributed by atoms with Crippen molar-refractivity contribution < 1.29 is 13.2 Å². The van der Waals surface area contributed by atoms with E-state index in [1.807, 2.05) is 31.2 Å². The van der Waals surface area contributed by atoms with E-state index in [-0.39, 0.29) is 11.2 Å². The van der Waals surface area contributed by atoms with Crippen LogP contribution in [0.4, 0.5) is 13.2 Å². The van der Waals surface area contributed by atoms with Crippen LogP contribution in [0.5, 0.6) is 0 Å². The van der Waals surface area contributed by atoms with Gasteiger partial charge in [0, 0.05) is 23.4 Å². The molecule has 27 heavy (non-hydrogen) atoms. The summed E-state index contributed by atoms with van der Waals surface area (Å²) >= 11 is 0. The Labute approximate surface area is 151 Å². The fourth-order valence-corrected chi connectivity index (χ4v) is 3.06. The van der Waals surface area contributed by atoms with Crippen LogP contribution in [0.15, 0.2) is 65.6 Å². The minimum atomic E-state index is -4.45. The molecule has 2 aromatic heterocycles. The second-order valence-corrected chi connectivity index (χ2v) is 6.22. The number of hydrogen-bond acceptors (Lipinski definition) is 2. The minimum Gasteiger partial charge on any atom is -0.296 e. The van der Waals surface area contributed by atoms with E-state index in [4.69, 9.17) is 0 Å². The molecule has 0 aliphatic rings. The number of nitrogens with one attached hydrogen (secondary N) is 1. The first-order chi connectivity index (χ1) is 12.8. The van der Waals surface area contributed by atoms with Crippen LogP contribution in [0.3, 0.4) is 0 Å². The first-order valence-corrected chi connectivity index (χ1v) is 8.19. The molecule has 2 aromatic carbocycles. The van der Waals surface area contributed by atoms with E-state index in [0.717, 1.165) is 23.3 Å². The number of aryl methyl sites for hydroxylation is 1. The Bertz CT molecular complexity index is 1210. The van der Waals surface area contributed by atoms with Crippen LogP contribution >= 0.6 is 0 Å². The van der Waals surface area contributed by atoms with Crippen molar-refractivity contribution in [3.63, 3.8) is 0 Å². The molecule has 0 radical (unpaired) electrons. The Morgan fingerprint density at radius 1 is 1.00 bits per heavy atom. The molecule has 0 bridgehead atoms. The largest absolute Gasteiger partial charge is 0.416 e. The summed E-state index contributed by atoms with van der Waals surface area (Å²) in [5.41, 5.74) is 2.17. The lowest BCUT2D eigenvalue weighted by molar-refractivity contribution is -0.137. The van der Waals surface area contributed by atoms with Crippen LogP contribution in [0, 0.1) is 6.92 Å². The molecular weight excluding hydrogens is 355 g/mol. The van der Waals surface area contributed by atoms with E-state index in [1.165, 1.54) is 22.8 Å². The van der Waals surface area contributed by atoms with E-state index in [9.17, 15) is 18.0 Å². The van der Waals surface area contributed by atoms with E-state index in [1.54, 1.807) is 6.07 Å². The third-order valence-electron chi connectivity index (χ3n) is 4.42. The summed E-state index contributed by atoms with van der Waals surface area (Å²) in [6.45, 7) is 1.91. The summed E-state index contributed by atoms with van der Waals surface area (Å²) in [5.74, 6) is 0. The van der Waals surface area contributed by atoms with Gasteiger partial charge in [-0.3, -0.25) is 9.89 Å². The van der Waals surface area contributed by atoms with Crippen LogP contribution in [-0.4, -0.2) is 14.6 Å². The van der Waals surface area contributed by atoms with Crippen molar-refractivity contribution >= 4 is 5.65 Å². The van der Waals surface area contributed by atoms with Crippen molar-refractivity contribution in [2.45, 2.75) is 13.1 Å². The Morgan fingerprint density at radius 3 is 2.52 bits per heavy atom. The molecule has 0 aliphatic carbocycles. The van der Waals surface area contributed by atoms with E-state index in [0.29, 0.717) is 16.8 Å². The normalized spacial score (nSPS) is 11.9. The van der Waals surface area contributed by atoms with E-state index < -0.39 is 11.7 Å². The molecule has 2 heterocycles. The van der Waals surface area contributed by atoms with Gasteiger partial charge in [0.05, 0.1) is 11.3 Å². The van der Waals surface area contributed by atoms with Crippen molar-refractivity contribution in [1.29, 1.82) is 0 Å². The molecule has 0 spiro atoms. The maximum absolute atomic E-state index is 13.0. The summed E-state index contributed by atoms with van der Waals surface area (Å²) in [4.78, 5) is 17.0. The molecule has 0 aliphatic heterocycles. The van der Waals surface area contributed by atoms with Gasteiger partial charge < -0.3 is 0 Å². The number of aromatic amines is 1. The van der Waals surface area contributed by atoms with E-state index in [2.05, 4.69) is 10.1 Å². The third-order valence-corrected chi connectivity index (χ3v) is 4.42. The van der Waals surface area contributed by atoms with Crippen LogP contribution in [0.1, 0.15) is 11.1 Å². The fraction of sp³-hybridized carbons (Fsp3) is 0.100. The number of aromatic nitrogens is 3. The number of alkyl halides is 3. The summed E-state index contributed by atoms with van der Waals surface area (Å²) < 4.78 is 40.3. The molecule has 0 fully saturated rings. The first-order valence-electron chi connectivity index (χ1n) is 8.19. The third kappa shape index (κ3) is 3.01. The number of halogens is 3. The zero-order valence-corrected chi connectivity index (χ0v) is 14.2. The van der Waals surface area contributed by atoms with Gasteiger partial charge in [-0.15, -0.1) is 0 Å². The maximum Gasteiger partial charge on any atom is 0.416 e. The second kappa shape index (κ2) is 6.12. The molecule has 0 saturated carbocycles. The highest BCUT2D eigenvalue weighted by atomic mass is 19.4. The fourth-order valence-electron chi connectivity index (χ4n) is 3.06. The Morgan fingerprint density at radius 2 is 1.78 bits per heavy atom. The Kier molecular flexibility index (Phi) is 3.87. The van der Waals surface area contributed by atoms with Gasteiger partial charge in [-0.2, -0.15) is 13.2 Å². The van der Waals surface area contributed by atoms with Crippen LogP contribution in [-0.2, 0) is 6.18 Å². The van der Waals surface area contributed by atoms with Crippen molar-refractivity contribution in [3.05, 3.63) is 82.3 Å². The molecule has 0 saturated heterocycles. The number of nitrogens with zero attached hydrogens (tertiary/aromatic N) is 2. The van der Waals surface area contributed by atoms with E-state index >= 15 is 0 Å². The molecule has 0 amide bonds. The zero-order valence-electron chi connectivity index (χ0n) is 14.2. The van der Waals surface area contributed by atoms with Gasteiger partial charge in [0.25, 0.3) is 5.56 Å². The lowest BCUT2D eigenvalue weighted by atomic mass is 10.0. The quantitative estimate of drug-likeness (QED) is 0.558. The predicted octanol–water partition coefficient (Wildman–Crippen LogP) is 4.68. The van der Waals surface area contributed by atoms with Gasteiger partial charge in [-0.05, 0) is 30.2 Å². The average Bonchev–Trinajstić information content (AvgIpc) is 3.06. The number of rotatable bonds is 2. The van der Waals surface area contributed by atoms with Gasteiger partial charge in [0.15, 0.2) is 5.65 Å². The molecule has 136 valence electrons. The topological polar surface area (TPSA) is 50.2 Å². The summed E-state index contributed by atoms with van der Waals surface area (Å²) in [7, 11) is 0. The highest BCUT2D eigenvalue weighted by molar-refractivity contribution is 5.79. The smallest absolute Gasteiger partial charge is 0.296 e. The SMILES string of the molecule is Cc1ccccc1-c1cc(=O)n2[nH]cc(-c3cccc(C(F)(F)F)c3)c2n1. The highest BCUT2D eigenvalue weighted by Crippen LogP contribution is 2.33. The first kappa shape index (κ1) is 17.1. The molecule has 1 N–H and O–H groups in total. The number of fused-ring (bicyclic) bond motifs is 1. The molecule has 7 heteroatoms. The van der Waals surface area contributed by atoms with Crippen LogP contribution in [0.25, 0.3) is 28.0 Å². The lowest BCUT2D eigenvalue weighted by Crippen LogP contribution is -2.14. The highest BCUT2D eigenvalue weighted by Gasteiger charge is 2.30. The van der Waals surface area contributed by atoms with Crippen molar-refractivity contribution in [2.75, 3.05) is 0 Å². The average molecular weight is 369 g/mol. The standard InChI is InChI=1S/C20H14F3N3O/c1-12-5-2-3-8-15(12)17-10-18(27)26-19(25-17)16(11-24-26)13-6-4-7-14(9-13)20(21,22)23/h2-11,24H,1H3. The predicted molar refractivity (Wildman–Crippen MR) is 96.4 cm³/mol. The lowest BCUT2D eigenvalue weighted by Gasteiger charge is -2.08. The van der Waals surface area contributed by atoms with Crippen molar-refractivity contribution in [2.24, 2.45) is 0 Å². The number of hydrogen-bond donors (Lipinski definition) is 1. The summed E-state index contributed by atoms with van der Waals surface area (Å²) in [5, 5.41) is 2.77. The molecular formula is C20H14F3N3O. The van der Waals surface area contributed by atoms with Gasteiger partial charge in [0.2, 0.25) is 0 Å². The maximum atomic E-state index is 13.0. The summed E-state index contributed by atoms with van der Waals surface area (Å²) in [6, 6.07) is 13.9. The molecule has 0 unspecified atom stereocenters. The molecule has 4 rings (SSSR count). The van der Waals surface area contributed by atoms with Crippen LogP contribution in [0.2, 0.25) is 0 Å². The van der Waals surface area contributed by atoms with Gasteiger partial charge >= 0.3 is 6.18 Å². The minimum absolute atomic E-state index is 0.278. The van der Waals surface area contributed by atoms with Gasteiger partial charge in [0.1, 0.15) is 0 Å². The van der Waals surface area contributed by atoms with Gasteiger partial charge in [-0.25, -0.2) is 9.50 Å². The van der Waals surface area contributed by atoms with Crippen molar-refractivity contribution in [3.8, 4) is 22.4 Å². The Hall–Kier alpha value is -3.35. The van der Waals surface area contributed by atoms with Crippen molar-refractivity contribution in [1.82, 2.24) is 14.6 Å². The van der Waals surface area contributed by atoms with Gasteiger partial charge in [-0.1, -0.05) is 36.4 Å². The second-order valence-electron chi connectivity index (χ2n) is 6.22. The zero-order chi connectivity index (χ0) is 19.2. The van der Waals surface area contributed by atoms with Crippen LogP contribution < -0.4 is 5.56 Å². The number of benzene rings is 2. The number of H-pyrrole nitrogens is 1. The molecule has 0 atom stereocenters.